The molecule has 4 aromatic carbocycles. The minimum atomic E-state index is -4.94. The molecule has 0 unspecified atom stereocenters. The first-order valence-electron chi connectivity index (χ1n) is 16.5. The first-order valence-corrected chi connectivity index (χ1v) is 17.7. The van der Waals surface area contributed by atoms with Crippen molar-refractivity contribution in [1.82, 2.24) is 39.0 Å². The molecule has 0 bridgehead atoms. The molecule has 5 heterocycles. The second-order valence-electron chi connectivity index (χ2n) is 11.8. The monoisotopic (exact) mass is 784 g/mol. The van der Waals surface area contributed by atoms with E-state index in [-0.39, 0.29) is 19.5 Å². The van der Waals surface area contributed by atoms with Crippen LogP contribution in [0.1, 0.15) is 0 Å². The van der Waals surface area contributed by atoms with Crippen molar-refractivity contribution in [2.75, 3.05) is 0 Å². The molecule has 0 saturated heterocycles. The number of hydrogen-bond acceptors (Lipinski definition) is 9. The average molecular weight is 786 g/mol. The molecule has 15 heteroatoms. The van der Waals surface area contributed by atoms with Gasteiger partial charge < -0.3 is 13.8 Å². The van der Waals surface area contributed by atoms with Crippen LogP contribution in [0.25, 0.3) is 55.6 Å². The number of fused-ring (bicyclic) bond motifs is 3. The first kappa shape index (κ1) is 37.9. The van der Waals surface area contributed by atoms with Crippen molar-refractivity contribution in [2.45, 2.75) is 0 Å². The quantitative estimate of drug-likeness (QED) is 0.182. The Hall–Kier alpha value is -5.85. The third-order valence-corrected chi connectivity index (χ3v) is 8.34. The van der Waals surface area contributed by atoms with Crippen LogP contribution >= 0.6 is 0 Å². The molecular weight excluding hydrogens is 756 g/mol. The minimum absolute atomic E-state index is 0. The van der Waals surface area contributed by atoms with E-state index in [2.05, 4.69) is 70.6 Å². The van der Waals surface area contributed by atoms with Crippen molar-refractivity contribution in [3.05, 3.63) is 177 Å². The molecule has 9 rings (SSSR count). The van der Waals surface area contributed by atoms with Crippen LogP contribution in [-0.4, -0.2) is 46.2 Å². The second-order valence-corrected chi connectivity index (χ2v) is 12.6. The van der Waals surface area contributed by atoms with Crippen molar-refractivity contribution in [3.8, 4) is 33.8 Å². The Labute approximate surface area is 325 Å². The van der Waals surface area contributed by atoms with Gasteiger partial charge in [0.25, 0.3) is 0 Å². The fraction of sp³-hybridized carbons (Fsp3) is 0. The van der Waals surface area contributed by atoms with Crippen molar-refractivity contribution in [1.29, 1.82) is 0 Å². The summed E-state index contributed by atoms with van der Waals surface area (Å²) in [6.07, 6.45) is 9.63. The summed E-state index contributed by atoms with van der Waals surface area (Å²) >= 11 is 0. The largest absolute Gasteiger partial charge is 2.00 e. The number of pyridine rings is 2. The molecule has 5 aromatic heterocycles. The van der Waals surface area contributed by atoms with E-state index in [1.165, 1.54) is 0 Å². The van der Waals surface area contributed by atoms with Gasteiger partial charge in [-0.2, -0.15) is 0 Å². The zero-order valence-corrected chi connectivity index (χ0v) is 32.5. The average Bonchev–Trinajstić information content (AvgIpc) is 3.99. The minimum Gasteiger partial charge on any atom is -0.402 e. The van der Waals surface area contributed by atoms with Gasteiger partial charge in [0.2, 0.25) is 0 Å². The van der Waals surface area contributed by atoms with E-state index in [4.69, 9.17) is 33.9 Å². The van der Waals surface area contributed by atoms with Crippen LogP contribution in [0.3, 0.4) is 0 Å². The summed E-state index contributed by atoms with van der Waals surface area (Å²) in [5.41, 5.74) is 7.95. The Morgan fingerprint density at radius 2 is 0.722 bits per heavy atom. The summed E-state index contributed by atoms with van der Waals surface area (Å²) in [6.45, 7) is 0. The summed E-state index contributed by atoms with van der Waals surface area (Å²) in [5, 5.41) is 17.1. The van der Waals surface area contributed by atoms with Gasteiger partial charge in [0.15, 0.2) is 0 Å². The third-order valence-electron chi connectivity index (χ3n) is 8.34. The predicted octanol–water partition coefficient (Wildman–Crippen LogP) is 2.96. The van der Waals surface area contributed by atoms with E-state index in [1.54, 1.807) is 12.4 Å². The first-order chi connectivity index (χ1) is 25.8. The van der Waals surface area contributed by atoms with Crippen molar-refractivity contribution in [2.24, 2.45) is 0 Å². The number of rotatable bonds is 6. The maximum absolute atomic E-state index is 8.49. The van der Waals surface area contributed by atoms with E-state index >= 15 is 0 Å². The van der Waals surface area contributed by atoms with Gasteiger partial charge in [-0.15, -0.1) is 10.2 Å². The molecule has 0 radical (unpaired) electrons. The Kier molecular flexibility index (Phi) is 12.2. The maximum Gasteiger partial charge on any atom is 2.00 e. The summed E-state index contributed by atoms with van der Waals surface area (Å²) in [4.78, 5) is 8.69. The van der Waals surface area contributed by atoms with Crippen LogP contribution in [0, 0.1) is 10.2 Å². The van der Waals surface area contributed by atoms with Gasteiger partial charge in [-0.25, -0.2) is 33.9 Å². The Morgan fingerprint density at radius 1 is 0.407 bits per heavy atom. The van der Waals surface area contributed by atoms with Crippen LogP contribution in [0.15, 0.2) is 177 Å². The number of halogens is 1. The number of benzene rings is 4. The van der Waals surface area contributed by atoms with Crippen molar-refractivity contribution >= 4 is 28.9 Å². The molecule has 0 aliphatic carbocycles. The summed E-state index contributed by atoms with van der Waals surface area (Å²) < 4.78 is 39.9. The zero-order chi connectivity index (χ0) is 36.6. The van der Waals surface area contributed by atoms with Gasteiger partial charge in [0, 0.05) is 39.9 Å². The van der Waals surface area contributed by atoms with Crippen LogP contribution in [0.2, 0.25) is 0 Å². The maximum atomic E-state index is 8.49. The molecule has 54 heavy (non-hydrogen) atoms. The molecule has 0 atom stereocenters. The molecule has 9 aromatic rings. The van der Waals surface area contributed by atoms with Crippen LogP contribution in [0.5, 0.6) is 0 Å². The van der Waals surface area contributed by atoms with Gasteiger partial charge in [-0.05, 0) is 48.9 Å². The molecule has 0 fully saturated rings. The van der Waals surface area contributed by atoms with Gasteiger partial charge in [-0.1, -0.05) is 115 Å². The van der Waals surface area contributed by atoms with Crippen LogP contribution in [0.4, 0.5) is 0 Å². The van der Waals surface area contributed by atoms with Gasteiger partial charge in [0.05, 0.1) is 28.1 Å². The van der Waals surface area contributed by atoms with E-state index in [1.807, 2.05) is 117 Å². The fourth-order valence-corrected chi connectivity index (χ4v) is 5.97. The number of aromatic nitrogens is 8. The summed E-state index contributed by atoms with van der Waals surface area (Å²) in [7, 11) is -6.42. The van der Waals surface area contributed by atoms with Gasteiger partial charge in [-0.3, -0.25) is 9.97 Å². The van der Waals surface area contributed by atoms with Crippen molar-refractivity contribution in [3.63, 3.8) is 0 Å². The molecule has 12 nitrogen and oxygen atoms in total. The summed E-state index contributed by atoms with van der Waals surface area (Å²) in [5.74, 6) is 0. The topological polar surface area (TPSA) is 171 Å². The standard InChI is InChI=1S/C27H22BN6.C12H8N2.ClHO4.Zn/c1-4-10-22(11-5-1)25-16-19-32(29-25)28(33-20-17-26(30-33)23-12-6-2-7-13-23)34-21-18-27(31-34)24-14-8-3-9-15-24;1-3-9-5-6-10-4-2-8-14-12(10)11(9)13-7-1;2-1(3,4)5;/h1-21,28H;1-8H;(H,2,3,4,5);/q-1;;;+2/p-1. The van der Waals surface area contributed by atoms with Gasteiger partial charge >= 0.3 is 26.6 Å². The molecule has 0 aliphatic rings. The molecule has 0 N–H and O–H groups in total. The Bertz CT molecular complexity index is 2300. The normalized spacial score (nSPS) is 11.0. The summed E-state index contributed by atoms with van der Waals surface area (Å²) in [6, 6.07) is 48.9. The molecular formula is C39H30BClN8O4Zn. The van der Waals surface area contributed by atoms with Crippen molar-refractivity contribution < 1.29 is 48.4 Å². The van der Waals surface area contributed by atoms with E-state index in [0.29, 0.717) is 0 Å². The van der Waals surface area contributed by atoms with E-state index in [0.717, 1.165) is 55.6 Å². The predicted molar refractivity (Wildman–Crippen MR) is 193 cm³/mol. The third kappa shape index (κ3) is 9.38. The molecule has 262 valence electrons. The van der Waals surface area contributed by atoms with E-state index < -0.39 is 17.4 Å². The van der Waals surface area contributed by atoms with Crippen LogP contribution < -0.4 is 18.6 Å². The molecule has 0 amide bonds. The number of hydrogen-bond donors (Lipinski definition) is 0. The SMILES string of the molecule is [O-][Cl+3]([O-])([O-])[O-].[Zn+2].c1ccc(-c2ccn([BH-](n3ccc(-c4ccccc4)n3)n3ccc(-c4ccccc4)n3)n2)cc1.c1cnc2c(c1)ccc1cccnc12. The molecule has 0 spiro atoms. The second kappa shape index (κ2) is 17.3. The number of nitrogens with zero attached hydrogens (tertiary/aromatic N) is 8. The molecule has 0 aliphatic heterocycles. The van der Waals surface area contributed by atoms with Gasteiger partial charge in [0.1, 0.15) is 0 Å². The smallest absolute Gasteiger partial charge is 0.402 e. The Balaban J connectivity index is 0.000000205. The zero-order valence-electron chi connectivity index (χ0n) is 28.7. The fourth-order valence-electron chi connectivity index (χ4n) is 5.97. The van der Waals surface area contributed by atoms with Crippen LogP contribution in [-0.2, 0) is 19.5 Å². The van der Waals surface area contributed by atoms with E-state index in [9.17, 15) is 0 Å². The molecule has 0 saturated carbocycles. The Morgan fingerprint density at radius 3 is 1.04 bits per heavy atom.